The van der Waals surface area contributed by atoms with Crippen LogP contribution in [-0.2, 0) is 4.74 Å². The first-order valence-corrected chi connectivity index (χ1v) is 6.54. The van der Waals surface area contributed by atoms with E-state index in [-0.39, 0.29) is 11.8 Å². The Hall–Kier alpha value is -1.27. The van der Waals surface area contributed by atoms with Crippen molar-refractivity contribution >= 4 is 0 Å². The second-order valence-corrected chi connectivity index (χ2v) is 4.41. The Morgan fingerprint density at radius 1 is 1.30 bits per heavy atom. The fraction of sp³-hybridized carbons (Fsp3) is 0.571. The van der Waals surface area contributed by atoms with Crippen molar-refractivity contribution in [1.29, 1.82) is 0 Å². The zero-order chi connectivity index (χ0) is 15.0. The van der Waals surface area contributed by atoms with E-state index in [1.165, 1.54) is 12.1 Å². The minimum Gasteiger partial charge on any atom is -0.406 e. The van der Waals surface area contributed by atoms with Gasteiger partial charge in [0.25, 0.3) is 0 Å². The number of nitrogens with one attached hydrogen (secondary N) is 1. The highest BCUT2D eigenvalue weighted by Gasteiger charge is 2.31. The number of methoxy groups -OCH3 is 1. The largest absolute Gasteiger partial charge is 0.573 e. The Bertz CT molecular complexity index is 388. The third-order valence-corrected chi connectivity index (χ3v) is 2.75. The molecule has 0 saturated carbocycles. The van der Waals surface area contributed by atoms with Gasteiger partial charge in [0.1, 0.15) is 5.75 Å². The van der Waals surface area contributed by atoms with Crippen LogP contribution in [0.3, 0.4) is 0 Å². The molecule has 1 aromatic rings. The standard InChI is InChI=1S/C14H20F3NO2/c1-3-8-18-13(7-9-19-2)11-5-4-6-12(10-11)20-14(15,16)17/h4-6,10,13,18H,3,7-9H2,1-2H3. The highest BCUT2D eigenvalue weighted by molar-refractivity contribution is 5.30. The maximum Gasteiger partial charge on any atom is 0.573 e. The van der Waals surface area contributed by atoms with E-state index >= 15 is 0 Å². The third-order valence-electron chi connectivity index (χ3n) is 2.75. The van der Waals surface area contributed by atoms with Crippen molar-refractivity contribution in [2.75, 3.05) is 20.3 Å². The molecule has 0 aromatic heterocycles. The highest BCUT2D eigenvalue weighted by Crippen LogP contribution is 2.26. The van der Waals surface area contributed by atoms with Crippen molar-refractivity contribution in [1.82, 2.24) is 5.32 Å². The van der Waals surface area contributed by atoms with E-state index in [2.05, 4.69) is 10.1 Å². The van der Waals surface area contributed by atoms with Gasteiger partial charge in [0.05, 0.1) is 0 Å². The van der Waals surface area contributed by atoms with Crippen LogP contribution in [0.15, 0.2) is 24.3 Å². The Labute approximate surface area is 117 Å². The van der Waals surface area contributed by atoms with Crippen LogP contribution in [0.5, 0.6) is 5.75 Å². The van der Waals surface area contributed by atoms with Crippen LogP contribution < -0.4 is 10.1 Å². The molecule has 3 nitrogen and oxygen atoms in total. The average Bonchev–Trinajstić information content (AvgIpc) is 2.37. The molecule has 0 radical (unpaired) electrons. The summed E-state index contributed by atoms with van der Waals surface area (Å²) in [5.41, 5.74) is 0.761. The summed E-state index contributed by atoms with van der Waals surface area (Å²) in [4.78, 5) is 0. The molecule has 0 heterocycles. The van der Waals surface area contributed by atoms with Gasteiger partial charge in [-0.2, -0.15) is 0 Å². The fourth-order valence-electron chi connectivity index (χ4n) is 1.87. The Kier molecular flexibility index (Phi) is 6.81. The molecular formula is C14H20F3NO2. The quantitative estimate of drug-likeness (QED) is 0.793. The lowest BCUT2D eigenvalue weighted by Gasteiger charge is -2.19. The lowest BCUT2D eigenvalue weighted by atomic mass is 10.0. The molecule has 0 aliphatic heterocycles. The summed E-state index contributed by atoms with van der Waals surface area (Å²) < 4.78 is 45.6. The maximum absolute atomic E-state index is 12.2. The molecular weight excluding hydrogens is 271 g/mol. The molecule has 6 heteroatoms. The van der Waals surface area contributed by atoms with E-state index in [4.69, 9.17) is 4.74 Å². The van der Waals surface area contributed by atoms with Crippen molar-refractivity contribution in [2.24, 2.45) is 0 Å². The molecule has 1 aromatic carbocycles. The molecule has 1 atom stereocenters. The summed E-state index contributed by atoms with van der Waals surface area (Å²) in [6.45, 7) is 3.36. The van der Waals surface area contributed by atoms with Crippen LogP contribution in [0, 0.1) is 0 Å². The molecule has 0 aliphatic carbocycles. The predicted octanol–water partition coefficient (Wildman–Crippen LogP) is 3.66. The van der Waals surface area contributed by atoms with E-state index in [9.17, 15) is 13.2 Å². The monoisotopic (exact) mass is 291 g/mol. The first-order valence-electron chi connectivity index (χ1n) is 6.54. The average molecular weight is 291 g/mol. The Morgan fingerprint density at radius 3 is 2.65 bits per heavy atom. The van der Waals surface area contributed by atoms with Gasteiger partial charge in [-0.15, -0.1) is 13.2 Å². The van der Waals surface area contributed by atoms with E-state index in [1.54, 1.807) is 19.2 Å². The van der Waals surface area contributed by atoms with Crippen molar-refractivity contribution in [3.63, 3.8) is 0 Å². The van der Waals surface area contributed by atoms with Gasteiger partial charge in [-0.1, -0.05) is 19.1 Å². The van der Waals surface area contributed by atoms with Gasteiger partial charge in [-0.3, -0.25) is 0 Å². The van der Waals surface area contributed by atoms with Crippen LogP contribution in [0.4, 0.5) is 13.2 Å². The second-order valence-electron chi connectivity index (χ2n) is 4.41. The van der Waals surface area contributed by atoms with Gasteiger partial charge < -0.3 is 14.8 Å². The fourth-order valence-corrected chi connectivity index (χ4v) is 1.87. The molecule has 114 valence electrons. The van der Waals surface area contributed by atoms with Gasteiger partial charge in [0.2, 0.25) is 0 Å². The lowest BCUT2D eigenvalue weighted by Crippen LogP contribution is -2.23. The first kappa shape index (κ1) is 16.8. The van der Waals surface area contributed by atoms with Crippen molar-refractivity contribution in [3.8, 4) is 5.75 Å². The predicted molar refractivity (Wildman–Crippen MR) is 70.7 cm³/mol. The second kappa shape index (κ2) is 8.11. The zero-order valence-electron chi connectivity index (χ0n) is 11.7. The molecule has 1 N–H and O–H groups in total. The summed E-state index contributed by atoms with van der Waals surface area (Å²) in [5, 5.41) is 3.29. The van der Waals surface area contributed by atoms with Gasteiger partial charge in [-0.25, -0.2) is 0 Å². The number of alkyl halides is 3. The van der Waals surface area contributed by atoms with Crippen molar-refractivity contribution in [3.05, 3.63) is 29.8 Å². The summed E-state index contributed by atoms with van der Waals surface area (Å²) in [5.74, 6) is -0.198. The van der Waals surface area contributed by atoms with Crippen LogP contribution in [0.1, 0.15) is 31.4 Å². The first-order chi connectivity index (χ1) is 9.46. The van der Waals surface area contributed by atoms with E-state index in [0.29, 0.717) is 13.0 Å². The zero-order valence-corrected chi connectivity index (χ0v) is 11.7. The van der Waals surface area contributed by atoms with Gasteiger partial charge in [-0.05, 0) is 37.1 Å². The summed E-state index contributed by atoms with van der Waals surface area (Å²) in [6, 6.07) is 6.00. The molecule has 0 bridgehead atoms. The number of hydrogen-bond acceptors (Lipinski definition) is 3. The van der Waals surface area contributed by atoms with Crippen molar-refractivity contribution < 1.29 is 22.6 Å². The molecule has 20 heavy (non-hydrogen) atoms. The van der Waals surface area contributed by atoms with Gasteiger partial charge in [0, 0.05) is 19.8 Å². The Morgan fingerprint density at radius 2 is 2.05 bits per heavy atom. The molecule has 0 amide bonds. The number of halogens is 3. The normalized spacial score (nSPS) is 13.2. The Balaban J connectivity index is 2.81. The third kappa shape index (κ3) is 6.25. The highest BCUT2D eigenvalue weighted by atomic mass is 19.4. The van der Waals surface area contributed by atoms with E-state index < -0.39 is 6.36 Å². The molecule has 1 unspecified atom stereocenters. The van der Waals surface area contributed by atoms with Crippen molar-refractivity contribution in [2.45, 2.75) is 32.2 Å². The summed E-state index contributed by atoms with van der Waals surface area (Å²) in [7, 11) is 1.60. The summed E-state index contributed by atoms with van der Waals surface area (Å²) in [6.07, 6.45) is -3.04. The molecule has 0 fully saturated rings. The lowest BCUT2D eigenvalue weighted by molar-refractivity contribution is -0.274. The van der Waals surface area contributed by atoms with Gasteiger partial charge in [0.15, 0.2) is 0 Å². The minimum atomic E-state index is -4.67. The number of ether oxygens (including phenoxy) is 2. The topological polar surface area (TPSA) is 30.5 Å². The number of benzene rings is 1. The van der Waals surface area contributed by atoms with Gasteiger partial charge >= 0.3 is 6.36 Å². The molecule has 1 rings (SSSR count). The van der Waals surface area contributed by atoms with Crippen LogP contribution in [0.2, 0.25) is 0 Å². The molecule has 0 aliphatic rings. The van der Waals surface area contributed by atoms with Crippen LogP contribution in [-0.4, -0.2) is 26.6 Å². The maximum atomic E-state index is 12.2. The number of rotatable bonds is 8. The van der Waals surface area contributed by atoms with Crippen LogP contribution in [0.25, 0.3) is 0 Å². The minimum absolute atomic E-state index is 0.0494. The molecule has 0 saturated heterocycles. The number of hydrogen-bond donors (Lipinski definition) is 1. The SMILES string of the molecule is CCCNC(CCOC)c1cccc(OC(F)(F)F)c1. The van der Waals surface area contributed by atoms with E-state index in [1.807, 2.05) is 6.92 Å². The van der Waals surface area contributed by atoms with E-state index in [0.717, 1.165) is 18.5 Å². The van der Waals surface area contributed by atoms with Crippen LogP contribution >= 0.6 is 0 Å². The summed E-state index contributed by atoms with van der Waals surface area (Å²) >= 11 is 0. The smallest absolute Gasteiger partial charge is 0.406 e. The molecule has 0 spiro atoms.